The summed E-state index contributed by atoms with van der Waals surface area (Å²) in [6, 6.07) is 13.9. The van der Waals surface area contributed by atoms with Gasteiger partial charge in [-0.05, 0) is 41.3 Å². The number of hydrogen-bond acceptors (Lipinski definition) is 4. The molecule has 0 fully saturated rings. The number of amides is 1. The molecule has 0 bridgehead atoms. The molecule has 2 aromatic rings. The third kappa shape index (κ3) is 3.56. The first kappa shape index (κ1) is 17.6. The Balaban J connectivity index is 1.81. The van der Waals surface area contributed by atoms with Gasteiger partial charge in [0.25, 0.3) is 0 Å². The molecule has 1 amide bonds. The largest absolute Gasteiger partial charge is 0.497 e. The maximum absolute atomic E-state index is 11.8. The minimum atomic E-state index is -1.11. The van der Waals surface area contributed by atoms with Crippen molar-refractivity contribution < 1.29 is 19.4 Å². The first-order chi connectivity index (χ1) is 12.6. The highest BCUT2D eigenvalue weighted by Crippen LogP contribution is 2.34. The molecule has 134 valence electrons. The molecule has 1 aliphatic rings. The zero-order valence-electron chi connectivity index (χ0n) is 14.1. The molecule has 2 atom stereocenters. The van der Waals surface area contributed by atoms with Gasteiger partial charge in [0.2, 0.25) is 0 Å². The average Bonchev–Trinajstić information content (AvgIpc) is 3.05. The summed E-state index contributed by atoms with van der Waals surface area (Å²) in [4.78, 5) is 15.8. The number of methoxy groups -OCH3 is 1. The van der Waals surface area contributed by atoms with E-state index in [0.29, 0.717) is 17.9 Å². The second kappa shape index (κ2) is 7.77. The molecule has 0 saturated heterocycles. The lowest BCUT2D eigenvalue weighted by Crippen LogP contribution is -2.44. The van der Waals surface area contributed by atoms with Gasteiger partial charge >= 0.3 is 6.09 Å². The minimum absolute atomic E-state index is 0.168. The highest BCUT2D eigenvalue weighted by molar-refractivity contribution is 5.90. The van der Waals surface area contributed by atoms with Crippen LogP contribution in [-0.4, -0.2) is 30.6 Å². The Morgan fingerprint density at radius 3 is 2.92 bits per heavy atom. The molecule has 0 saturated carbocycles. The van der Waals surface area contributed by atoms with Crippen molar-refractivity contribution in [2.75, 3.05) is 12.0 Å². The third-order valence-electron chi connectivity index (χ3n) is 4.27. The van der Waals surface area contributed by atoms with Crippen LogP contribution in [0.25, 0.3) is 10.4 Å². The second-order valence-corrected chi connectivity index (χ2v) is 5.81. The Morgan fingerprint density at radius 2 is 2.19 bits per heavy atom. The molecule has 1 aliphatic heterocycles. The van der Waals surface area contributed by atoms with Crippen molar-refractivity contribution in [3.05, 3.63) is 70.1 Å². The van der Waals surface area contributed by atoms with Crippen molar-refractivity contribution in [2.45, 2.75) is 25.3 Å². The maximum atomic E-state index is 11.8. The van der Waals surface area contributed by atoms with Gasteiger partial charge in [-0.1, -0.05) is 35.4 Å². The van der Waals surface area contributed by atoms with E-state index >= 15 is 0 Å². The number of carboxylic acid groups (broad SMARTS) is 1. The molecule has 1 heterocycles. The molecule has 0 spiro atoms. The van der Waals surface area contributed by atoms with E-state index in [-0.39, 0.29) is 6.61 Å². The summed E-state index contributed by atoms with van der Waals surface area (Å²) in [5.74, 6) is 0.687. The van der Waals surface area contributed by atoms with Crippen molar-refractivity contribution in [3.8, 4) is 5.75 Å². The summed E-state index contributed by atoms with van der Waals surface area (Å²) in [5.41, 5.74) is 11.2. The molecule has 3 rings (SSSR count). The molecule has 0 radical (unpaired) electrons. The lowest BCUT2D eigenvalue weighted by molar-refractivity contribution is 0.0281. The standard InChI is InChI=1S/C18H18N4O4/c1-25-14-7-4-5-12(9-14)11-26-17(20-21-19)16-10-13-6-2-3-8-15(13)22(16)18(23)24/h2-9,16-17H,10-11H2,1H3,(H,23,24). The van der Waals surface area contributed by atoms with Crippen LogP contribution in [0, 0.1) is 0 Å². The quantitative estimate of drug-likeness (QED) is 0.481. The van der Waals surface area contributed by atoms with Gasteiger partial charge in [0, 0.05) is 4.91 Å². The molecule has 26 heavy (non-hydrogen) atoms. The van der Waals surface area contributed by atoms with Gasteiger partial charge in [-0.15, -0.1) is 0 Å². The fourth-order valence-electron chi connectivity index (χ4n) is 3.10. The van der Waals surface area contributed by atoms with E-state index < -0.39 is 18.4 Å². The molecule has 1 N–H and O–H groups in total. The smallest absolute Gasteiger partial charge is 0.412 e. The number of hydrogen-bond donors (Lipinski definition) is 1. The van der Waals surface area contributed by atoms with E-state index in [1.807, 2.05) is 36.4 Å². The summed E-state index contributed by atoms with van der Waals surface area (Å²) < 4.78 is 11.0. The van der Waals surface area contributed by atoms with E-state index in [1.165, 1.54) is 4.90 Å². The molecule has 0 aliphatic carbocycles. The Labute approximate surface area is 150 Å². The topological polar surface area (TPSA) is 108 Å². The molecule has 0 aromatic heterocycles. The molecule has 8 heteroatoms. The van der Waals surface area contributed by atoms with Gasteiger partial charge in [-0.3, -0.25) is 4.90 Å². The first-order valence-electron chi connectivity index (χ1n) is 8.03. The number of carbonyl (C=O) groups is 1. The molecule has 8 nitrogen and oxygen atoms in total. The van der Waals surface area contributed by atoms with Crippen molar-refractivity contribution in [2.24, 2.45) is 5.11 Å². The summed E-state index contributed by atoms with van der Waals surface area (Å²) in [6.07, 6.45) is -1.64. The Kier molecular flexibility index (Phi) is 5.26. The number of ether oxygens (including phenoxy) is 2. The van der Waals surface area contributed by atoms with Gasteiger partial charge in [0.05, 0.1) is 25.4 Å². The highest BCUT2D eigenvalue weighted by Gasteiger charge is 2.39. The predicted molar refractivity (Wildman–Crippen MR) is 95.2 cm³/mol. The number of nitrogens with zero attached hydrogens (tertiary/aromatic N) is 4. The van der Waals surface area contributed by atoms with Crippen LogP contribution in [0.2, 0.25) is 0 Å². The van der Waals surface area contributed by atoms with E-state index in [9.17, 15) is 9.90 Å². The molecule has 2 unspecified atom stereocenters. The normalized spacial score (nSPS) is 16.5. The van der Waals surface area contributed by atoms with Crippen LogP contribution in [0.3, 0.4) is 0 Å². The number of benzene rings is 2. The fourth-order valence-corrected chi connectivity index (χ4v) is 3.10. The molecule has 2 aromatic carbocycles. The minimum Gasteiger partial charge on any atom is -0.497 e. The first-order valence-corrected chi connectivity index (χ1v) is 8.03. The zero-order chi connectivity index (χ0) is 18.5. The van der Waals surface area contributed by atoms with Crippen LogP contribution in [0.5, 0.6) is 5.75 Å². The lowest BCUT2D eigenvalue weighted by Gasteiger charge is -2.27. The molecular weight excluding hydrogens is 336 g/mol. The van der Waals surface area contributed by atoms with Gasteiger partial charge in [0.15, 0.2) is 6.23 Å². The number of azide groups is 1. The second-order valence-electron chi connectivity index (χ2n) is 5.81. The van der Waals surface area contributed by atoms with Crippen molar-refractivity contribution >= 4 is 11.8 Å². The van der Waals surface area contributed by atoms with Crippen molar-refractivity contribution in [3.63, 3.8) is 0 Å². The summed E-state index contributed by atoms with van der Waals surface area (Å²) in [7, 11) is 1.57. The highest BCUT2D eigenvalue weighted by atomic mass is 16.5. The lowest BCUT2D eigenvalue weighted by atomic mass is 10.1. The zero-order valence-corrected chi connectivity index (χ0v) is 14.1. The van der Waals surface area contributed by atoms with Crippen molar-refractivity contribution in [1.29, 1.82) is 0 Å². The number of rotatable bonds is 6. The van der Waals surface area contributed by atoms with Crippen LogP contribution < -0.4 is 9.64 Å². The number of para-hydroxylation sites is 1. The summed E-state index contributed by atoms with van der Waals surface area (Å²) in [5, 5.41) is 13.3. The van der Waals surface area contributed by atoms with E-state index in [4.69, 9.17) is 15.0 Å². The maximum Gasteiger partial charge on any atom is 0.412 e. The number of fused-ring (bicyclic) bond motifs is 1. The van der Waals surface area contributed by atoms with Crippen LogP contribution in [0.1, 0.15) is 11.1 Å². The summed E-state index contributed by atoms with van der Waals surface area (Å²) >= 11 is 0. The van der Waals surface area contributed by atoms with Crippen LogP contribution in [0.15, 0.2) is 53.6 Å². The van der Waals surface area contributed by atoms with E-state index in [1.54, 1.807) is 19.2 Å². The van der Waals surface area contributed by atoms with Crippen LogP contribution in [0.4, 0.5) is 10.5 Å². The van der Waals surface area contributed by atoms with Gasteiger partial charge in [-0.25, -0.2) is 4.79 Å². The van der Waals surface area contributed by atoms with Crippen LogP contribution >= 0.6 is 0 Å². The third-order valence-corrected chi connectivity index (χ3v) is 4.27. The van der Waals surface area contributed by atoms with E-state index in [2.05, 4.69) is 10.0 Å². The van der Waals surface area contributed by atoms with Gasteiger partial charge < -0.3 is 14.6 Å². The fraction of sp³-hybridized carbons (Fsp3) is 0.278. The van der Waals surface area contributed by atoms with Crippen molar-refractivity contribution in [1.82, 2.24) is 0 Å². The monoisotopic (exact) mass is 354 g/mol. The van der Waals surface area contributed by atoms with Gasteiger partial charge in [0.1, 0.15) is 5.75 Å². The van der Waals surface area contributed by atoms with Gasteiger partial charge in [-0.2, -0.15) is 0 Å². The predicted octanol–water partition coefficient (Wildman–Crippen LogP) is 3.96. The Morgan fingerprint density at radius 1 is 1.38 bits per heavy atom. The molecular formula is C18H18N4O4. The number of anilines is 1. The Hall–Kier alpha value is -3.22. The average molecular weight is 354 g/mol. The van der Waals surface area contributed by atoms with Crippen LogP contribution in [-0.2, 0) is 17.8 Å². The van der Waals surface area contributed by atoms with E-state index in [0.717, 1.165) is 11.1 Å². The SMILES string of the molecule is COc1cccc(COC(N=[N+]=[N-])C2Cc3ccccc3N2C(=O)O)c1. The Bertz CT molecular complexity index is 851. The summed E-state index contributed by atoms with van der Waals surface area (Å²) in [6.45, 7) is 0.168.